The predicted molar refractivity (Wildman–Crippen MR) is 98.3 cm³/mol. The SMILES string of the molecule is CCCCN=C/C=C(\C)CC/C=C(\C)CCCC=C(C)C. The van der Waals surface area contributed by atoms with Crippen molar-refractivity contribution in [3.05, 3.63) is 34.9 Å². The van der Waals surface area contributed by atoms with Gasteiger partial charge in [-0.1, -0.05) is 42.2 Å². The van der Waals surface area contributed by atoms with Crippen LogP contribution in [-0.2, 0) is 0 Å². The molecule has 21 heavy (non-hydrogen) atoms. The van der Waals surface area contributed by atoms with Crippen LogP contribution in [0.1, 0.15) is 79.6 Å². The monoisotopic (exact) mass is 289 g/mol. The van der Waals surface area contributed by atoms with E-state index in [0.717, 1.165) is 19.4 Å². The van der Waals surface area contributed by atoms with Crippen LogP contribution in [0, 0.1) is 0 Å². The smallest absolute Gasteiger partial charge is 0.0389 e. The van der Waals surface area contributed by atoms with Gasteiger partial charge in [-0.2, -0.15) is 0 Å². The summed E-state index contributed by atoms with van der Waals surface area (Å²) in [5.74, 6) is 0. The molecule has 0 aromatic rings. The minimum Gasteiger partial charge on any atom is -0.293 e. The average Bonchev–Trinajstić information content (AvgIpc) is 2.43. The van der Waals surface area contributed by atoms with E-state index in [4.69, 9.17) is 0 Å². The van der Waals surface area contributed by atoms with Crippen LogP contribution in [0.4, 0.5) is 0 Å². The highest BCUT2D eigenvalue weighted by molar-refractivity contribution is 5.71. The molecule has 0 fully saturated rings. The fraction of sp³-hybridized carbons (Fsp3) is 0.650. The van der Waals surface area contributed by atoms with Crippen molar-refractivity contribution in [2.75, 3.05) is 6.54 Å². The Kier molecular flexibility index (Phi) is 13.1. The lowest BCUT2D eigenvalue weighted by Crippen LogP contribution is -1.83. The molecule has 0 saturated heterocycles. The van der Waals surface area contributed by atoms with E-state index in [1.165, 1.54) is 48.8 Å². The van der Waals surface area contributed by atoms with E-state index in [1.807, 2.05) is 6.21 Å². The molecule has 0 bridgehead atoms. The van der Waals surface area contributed by atoms with Crippen molar-refractivity contribution in [1.29, 1.82) is 0 Å². The van der Waals surface area contributed by atoms with Gasteiger partial charge in [0.25, 0.3) is 0 Å². The van der Waals surface area contributed by atoms with E-state index < -0.39 is 0 Å². The first kappa shape index (κ1) is 19.9. The van der Waals surface area contributed by atoms with Crippen LogP contribution < -0.4 is 0 Å². The molecule has 0 heterocycles. The zero-order valence-corrected chi connectivity index (χ0v) is 14.9. The summed E-state index contributed by atoms with van der Waals surface area (Å²) in [6.45, 7) is 12.0. The summed E-state index contributed by atoms with van der Waals surface area (Å²) in [5.41, 5.74) is 4.38. The molecule has 0 spiro atoms. The fourth-order valence-electron chi connectivity index (χ4n) is 2.01. The van der Waals surface area contributed by atoms with Crippen molar-refractivity contribution in [2.24, 2.45) is 4.99 Å². The third kappa shape index (κ3) is 15.1. The second-order valence-electron chi connectivity index (χ2n) is 6.18. The Morgan fingerprint density at radius 2 is 1.62 bits per heavy atom. The fourth-order valence-corrected chi connectivity index (χ4v) is 2.01. The molecule has 0 aliphatic heterocycles. The third-order valence-electron chi connectivity index (χ3n) is 3.46. The molecule has 0 radical (unpaired) electrons. The zero-order valence-electron chi connectivity index (χ0n) is 14.9. The van der Waals surface area contributed by atoms with Gasteiger partial charge in [0, 0.05) is 12.8 Å². The van der Waals surface area contributed by atoms with Gasteiger partial charge in [-0.05, 0) is 72.3 Å². The summed E-state index contributed by atoms with van der Waals surface area (Å²) < 4.78 is 0. The first-order valence-corrected chi connectivity index (χ1v) is 8.50. The number of rotatable bonds is 11. The molecule has 0 atom stereocenters. The van der Waals surface area contributed by atoms with Gasteiger partial charge in [0.2, 0.25) is 0 Å². The maximum absolute atomic E-state index is 4.39. The average molecular weight is 290 g/mol. The van der Waals surface area contributed by atoms with Gasteiger partial charge in [-0.3, -0.25) is 4.99 Å². The van der Waals surface area contributed by atoms with E-state index in [-0.39, 0.29) is 0 Å². The number of allylic oxidation sites excluding steroid dienone is 6. The van der Waals surface area contributed by atoms with Crippen molar-refractivity contribution in [1.82, 2.24) is 0 Å². The van der Waals surface area contributed by atoms with Crippen LogP contribution in [0.25, 0.3) is 0 Å². The second-order valence-corrected chi connectivity index (χ2v) is 6.18. The molecule has 0 saturated carbocycles. The van der Waals surface area contributed by atoms with E-state index >= 15 is 0 Å². The lowest BCUT2D eigenvalue weighted by atomic mass is 10.1. The largest absolute Gasteiger partial charge is 0.293 e. The maximum Gasteiger partial charge on any atom is 0.0389 e. The molecule has 0 N–H and O–H groups in total. The van der Waals surface area contributed by atoms with Crippen LogP contribution in [0.15, 0.2) is 39.9 Å². The lowest BCUT2D eigenvalue weighted by Gasteiger charge is -2.01. The van der Waals surface area contributed by atoms with E-state index in [2.05, 4.69) is 57.8 Å². The predicted octanol–water partition coefficient (Wildman–Crippen LogP) is 6.67. The van der Waals surface area contributed by atoms with E-state index in [1.54, 1.807) is 0 Å². The first-order chi connectivity index (χ1) is 10.1. The van der Waals surface area contributed by atoms with Gasteiger partial charge in [-0.15, -0.1) is 0 Å². The van der Waals surface area contributed by atoms with Crippen molar-refractivity contribution in [2.45, 2.75) is 79.6 Å². The summed E-state index contributed by atoms with van der Waals surface area (Å²) in [6, 6.07) is 0. The number of aliphatic imine (C=N–C) groups is 1. The molecule has 0 rings (SSSR count). The quantitative estimate of drug-likeness (QED) is 0.229. The molecular formula is C20H35N. The van der Waals surface area contributed by atoms with Gasteiger partial charge in [0.15, 0.2) is 0 Å². The standard InChI is InChI=1S/C20H35N/c1-6-7-16-21-17-15-20(5)14-10-13-19(4)12-9-8-11-18(2)3/h11,13,15,17H,6-10,12,14,16H2,1-5H3/b19-13+,20-15+,21-17?. The summed E-state index contributed by atoms with van der Waals surface area (Å²) >= 11 is 0. The second kappa shape index (κ2) is 13.9. The molecule has 1 nitrogen and oxygen atoms in total. The lowest BCUT2D eigenvalue weighted by molar-refractivity contribution is 0.810. The van der Waals surface area contributed by atoms with Crippen LogP contribution >= 0.6 is 0 Å². The van der Waals surface area contributed by atoms with Gasteiger partial charge < -0.3 is 0 Å². The Labute approximate surface area is 132 Å². The highest BCUT2D eigenvalue weighted by atomic mass is 14.7. The van der Waals surface area contributed by atoms with Gasteiger partial charge in [0.1, 0.15) is 0 Å². The number of hydrogen-bond donors (Lipinski definition) is 0. The Balaban J connectivity index is 3.83. The molecule has 1 heteroatoms. The maximum atomic E-state index is 4.39. The molecule has 0 aromatic carbocycles. The van der Waals surface area contributed by atoms with Crippen LogP contribution in [0.3, 0.4) is 0 Å². The summed E-state index contributed by atoms with van der Waals surface area (Å²) in [5, 5.41) is 0. The van der Waals surface area contributed by atoms with E-state index in [9.17, 15) is 0 Å². The van der Waals surface area contributed by atoms with Crippen LogP contribution in [0.5, 0.6) is 0 Å². The summed E-state index contributed by atoms with van der Waals surface area (Å²) in [7, 11) is 0. The Bertz CT molecular complexity index is 365. The molecule has 0 unspecified atom stereocenters. The highest BCUT2D eigenvalue weighted by Crippen LogP contribution is 2.11. The van der Waals surface area contributed by atoms with Crippen molar-refractivity contribution >= 4 is 6.21 Å². The van der Waals surface area contributed by atoms with Crippen molar-refractivity contribution in [3.63, 3.8) is 0 Å². The number of hydrogen-bond acceptors (Lipinski definition) is 1. The Hall–Kier alpha value is -1.11. The van der Waals surface area contributed by atoms with Crippen LogP contribution in [0.2, 0.25) is 0 Å². The molecule has 120 valence electrons. The first-order valence-electron chi connectivity index (χ1n) is 8.50. The van der Waals surface area contributed by atoms with Gasteiger partial charge in [0.05, 0.1) is 0 Å². The summed E-state index contributed by atoms with van der Waals surface area (Å²) in [4.78, 5) is 4.39. The third-order valence-corrected chi connectivity index (χ3v) is 3.46. The minimum absolute atomic E-state index is 0.963. The molecule has 0 aliphatic carbocycles. The minimum atomic E-state index is 0.963. The van der Waals surface area contributed by atoms with E-state index in [0.29, 0.717) is 0 Å². The molecule has 0 amide bonds. The molecule has 0 aromatic heterocycles. The molecular weight excluding hydrogens is 254 g/mol. The number of nitrogens with zero attached hydrogens (tertiary/aromatic N) is 1. The van der Waals surface area contributed by atoms with Gasteiger partial charge in [-0.25, -0.2) is 0 Å². The zero-order chi connectivity index (χ0) is 15.9. The number of unbranched alkanes of at least 4 members (excludes halogenated alkanes) is 2. The normalized spacial score (nSPS) is 13.0. The van der Waals surface area contributed by atoms with Crippen molar-refractivity contribution < 1.29 is 0 Å². The Morgan fingerprint density at radius 3 is 2.29 bits per heavy atom. The van der Waals surface area contributed by atoms with Gasteiger partial charge >= 0.3 is 0 Å². The highest BCUT2D eigenvalue weighted by Gasteiger charge is 1.92. The molecule has 0 aliphatic rings. The van der Waals surface area contributed by atoms with Crippen LogP contribution in [-0.4, -0.2) is 12.8 Å². The topological polar surface area (TPSA) is 12.4 Å². The van der Waals surface area contributed by atoms with Crippen molar-refractivity contribution in [3.8, 4) is 0 Å². The Morgan fingerprint density at radius 1 is 0.857 bits per heavy atom. The summed E-state index contributed by atoms with van der Waals surface area (Å²) in [6.07, 6.45) is 17.3.